The number of aryl methyl sites for hydroxylation is 3. The molecule has 0 amide bonds. The predicted octanol–water partition coefficient (Wildman–Crippen LogP) is 4.32. The van der Waals surface area contributed by atoms with E-state index in [0.717, 1.165) is 49.2 Å². The Morgan fingerprint density at radius 3 is 2.40 bits per heavy atom. The Kier molecular flexibility index (Phi) is 4.83. The molecule has 2 aromatic rings. The van der Waals surface area contributed by atoms with Crippen molar-refractivity contribution in [2.45, 2.75) is 53.0 Å². The van der Waals surface area contributed by atoms with Gasteiger partial charge in [0.15, 0.2) is 5.75 Å². The normalized spacial score (nSPS) is 10.9. The first-order valence-corrected chi connectivity index (χ1v) is 7.53. The van der Waals surface area contributed by atoms with Gasteiger partial charge in [-0.05, 0) is 19.8 Å². The summed E-state index contributed by atoms with van der Waals surface area (Å²) in [5, 5.41) is 15.1. The second-order valence-corrected chi connectivity index (χ2v) is 5.34. The molecule has 3 heteroatoms. The fraction of sp³-hybridized carbons (Fsp3) is 0.471. The molecule has 1 N–H and O–H groups in total. The summed E-state index contributed by atoms with van der Waals surface area (Å²) < 4.78 is 1.97. The highest BCUT2D eigenvalue weighted by Crippen LogP contribution is 2.33. The molecule has 0 spiro atoms. The van der Waals surface area contributed by atoms with Gasteiger partial charge in [-0.1, -0.05) is 56.5 Å². The zero-order valence-corrected chi connectivity index (χ0v) is 12.7. The van der Waals surface area contributed by atoms with E-state index in [9.17, 15) is 5.11 Å². The number of hydrogen-bond donors (Lipinski definition) is 1. The van der Waals surface area contributed by atoms with Crippen molar-refractivity contribution in [1.82, 2.24) is 9.78 Å². The number of benzene rings is 1. The van der Waals surface area contributed by atoms with E-state index >= 15 is 0 Å². The first-order chi connectivity index (χ1) is 9.67. The van der Waals surface area contributed by atoms with Crippen LogP contribution in [0.15, 0.2) is 24.3 Å². The molecule has 2 rings (SSSR count). The van der Waals surface area contributed by atoms with E-state index in [-0.39, 0.29) is 0 Å². The predicted molar refractivity (Wildman–Crippen MR) is 83.0 cm³/mol. The van der Waals surface area contributed by atoms with Crippen molar-refractivity contribution in [1.29, 1.82) is 0 Å². The summed E-state index contributed by atoms with van der Waals surface area (Å²) in [6.45, 7) is 7.20. The highest BCUT2D eigenvalue weighted by molar-refractivity contribution is 5.68. The maximum atomic E-state index is 10.5. The van der Waals surface area contributed by atoms with Crippen LogP contribution in [0.25, 0.3) is 11.3 Å². The van der Waals surface area contributed by atoms with Gasteiger partial charge in [-0.2, -0.15) is 5.10 Å². The van der Waals surface area contributed by atoms with Crippen molar-refractivity contribution in [3.05, 3.63) is 35.5 Å². The second kappa shape index (κ2) is 6.60. The van der Waals surface area contributed by atoms with Crippen molar-refractivity contribution in [3.8, 4) is 17.0 Å². The van der Waals surface area contributed by atoms with Crippen molar-refractivity contribution >= 4 is 0 Å². The molecule has 0 fully saturated rings. The summed E-state index contributed by atoms with van der Waals surface area (Å²) in [7, 11) is 0. The van der Waals surface area contributed by atoms with E-state index in [2.05, 4.69) is 50.1 Å². The maximum Gasteiger partial charge on any atom is 0.164 e. The Labute approximate surface area is 121 Å². The van der Waals surface area contributed by atoms with Gasteiger partial charge in [0, 0.05) is 12.1 Å². The Morgan fingerprint density at radius 2 is 1.80 bits per heavy atom. The molecule has 0 aliphatic heterocycles. The fourth-order valence-electron chi connectivity index (χ4n) is 2.37. The molecule has 1 heterocycles. The quantitative estimate of drug-likeness (QED) is 0.850. The zero-order valence-electron chi connectivity index (χ0n) is 12.7. The van der Waals surface area contributed by atoms with E-state index in [4.69, 9.17) is 0 Å². The van der Waals surface area contributed by atoms with Crippen LogP contribution in [0.1, 0.15) is 44.4 Å². The van der Waals surface area contributed by atoms with Gasteiger partial charge in [-0.3, -0.25) is 4.68 Å². The molecule has 0 aliphatic carbocycles. The molecule has 0 radical (unpaired) electrons. The van der Waals surface area contributed by atoms with Gasteiger partial charge in [0.1, 0.15) is 11.4 Å². The third kappa shape index (κ3) is 3.03. The van der Waals surface area contributed by atoms with Crippen LogP contribution in [0.2, 0.25) is 0 Å². The molecule has 108 valence electrons. The van der Waals surface area contributed by atoms with Gasteiger partial charge in [-0.15, -0.1) is 0 Å². The van der Waals surface area contributed by atoms with Crippen molar-refractivity contribution in [2.75, 3.05) is 0 Å². The molecule has 0 unspecified atom stereocenters. The van der Waals surface area contributed by atoms with Gasteiger partial charge in [-0.25, -0.2) is 0 Å². The third-order valence-electron chi connectivity index (χ3n) is 3.53. The van der Waals surface area contributed by atoms with Gasteiger partial charge in [0.2, 0.25) is 0 Å². The number of nitrogens with zero attached hydrogens (tertiary/aromatic N) is 2. The Bertz CT molecular complexity index is 555. The van der Waals surface area contributed by atoms with E-state index < -0.39 is 0 Å². The van der Waals surface area contributed by atoms with Gasteiger partial charge < -0.3 is 5.11 Å². The Hall–Kier alpha value is -1.77. The molecule has 1 aromatic carbocycles. The monoisotopic (exact) mass is 272 g/mol. The zero-order chi connectivity index (χ0) is 14.5. The van der Waals surface area contributed by atoms with Crippen molar-refractivity contribution in [3.63, 3.8) is 0 Å². The van der Waals surface area contributed by atoms with Crippen LogP contribution in [0, 0.1) is 6.92 Å². The average molecular weight is 272 g/mol. The van der Waals surface area contributed by atoms with Crippen molar-refractivity contribution < 1.29 is 5.11 Å². The van der Waals surface area contributed by atoms with Crippen molar-refractivity contribution in [2.24, 2.45) is 0 Å². The molecular weight excluding hydrogens is 248 g/mol. The minimum absolute atomic E-state index is 0.354. The summed E-state index contributed by atoms with van der Waals surface area (Å²) in [5.41, 5.74) is 3.95. The Morgan fingerprint density at radius 1 is 1.10 bits per heavy atom. The molecule has 20 heavy (non-hydrogen) atoms. The average Bonchev–Trinajstić information content (AvgIpc) is 2.75. The molecule has 0 atom stereocenters. The second-order valence-electron chi connectivity index (χ2n) is 5.34. The minimum Gasteiger partial charge on any atom is -0.504 e. The molecule has 0 saturated carbocycles. The standard InChI is InChI=1S/C17H24N2O/c1-4-6-12-19-16(14-10-8-13(3)9-11-14)17(20)15(18-19)7-5-2/h8-11,20H,4-7,12H2,1-3H3. The highest BCUT2D eigenvalue weighted by atomic mass is 16.3. The summed E-state index contributed by atoms with van der Waals surface area (Å²) in [6.07, 6.45) is 4.01. The lowest BCUT2D eigenvalue weighted by molar-refractivity contribution is 0.469. The molecule has 1 aromatic heterocycles. The topological polar surface area (TPSA) is 38.0 Å². The van der Waals surface area contributed by atoms with E-state index in [1.165, 1.54) is 5.56 Å². The fourth-order valence-corrected chi connectivity index (χ4v) is 2.37. The van der Waals surface area contributed by atoms with Gasteiger partial charge in [0.05, 0.1) is 0 Å². The summed E-state index contributed by atoms with van der Waals surface area (Å²) >= 11 is 0. The van der Waals surface area contributed by atoms with Gasteiger partial charge >= 0.3 is 0 Å². The number of aromatic nitrogens is 2. The van der Waals surface area contributed by atoms with E-state index in [1.807, 2.05) is 4.68 Å². The first-order valence-electron chi connectivity index (χ1n) is 7.53. The third-order valence-corrected chi connectivity index (χ3v) is 3.53. The molecular formula is C17H24N2O. The van der Waals surface area contributed by atoms with Crippen LogP contribution in [0.3, 0.4) is 0 Å². The largest absolute Gasteiger partial charge is 0.504 e. The number of aromatic hydroxyl groups is 1. The van der Waals surface area contributed by atoms with Crippen LogP contribution >= 0.6 is 0 Å². The van der Waals surface area contributed by atoms with Crippen LogP contribution in [-0.4, -0.2) is 14.9 Å². The number of hydrogen-bond acceptors (Lipinski definition) is 2. The van der Waals surface area contributed by atoms with Crippen LogP contribution in [0.4, 0.5) is 0 Å². The molecule has 3 nitrogen and oxygen atoms in total. The first kappa shape index (κ1) is 14.6. The summed E-state index contributed by atoms with van der Waals surface area (Å²) in [4.78, 5) is 0. The summed E-state index contributed by atoms with van der Waals surface area (Å²) in [6, 6.07) is 8.27. The molecule has 0 bridgehead atoms. The smallest absolute Gasteiger partial charge is 0.164 e. The maximum absolute atomic E-state index is 10.5. The molecule has 0 saturated heterocycles. The minimum atomic E-state index is 0.354. The van der Waals surface area contributed by atoms with Crippen LogP contribution < -0.4 is 0 Å². The lowest BCUT2D eigenvalue weighted by atomic mass is 10.1. The number of unbranched alkanes of at least 4 members (excludes halogenated alkanes) is 1. The SMILES string of the molecule is CCCCn1nc(CCC)c(O)c1-c1ccc(C)cc1. The van der Waals surface area contributed by atoms with Gasteiger partial charge in [0.25, 0.3) is 0 Å². The van der Waals surface area contributed by atoms with Crippen LogP contribution in [0.5, 0.6) is 5.75 Å². The molecule has 0 aliphatic rings. The van der Waals surface area contributed by atoms with E-state index in [1.54, 1.807) is 0 Å². The van der Waals surface area contributed by atoms with E-state index in [0.29, 0.717) is 5.75 Å². The lowest BCUT2D eigenvalue weighted by Crippen LogP contribution is -2.02. The van der Waals surface area contributed by atoms with Crippen LogP contribution in [-0.2, 0) is 13.0 Å². The summed E-state index contributed by atoms with van der Waals surface area (Å²) in [5.74, 6) is 0.354. The highest BCUT2D eigenvalue weighted by Gasteiger charge is 2.17. The number of rotatable bonds is 6. The Balaban J connectivity index is 2.44. The lowest BCUT2D eigenvalue weighted by Gasteiger charge is -2.07.